The summed E-state index contributed by atoms with van der Waals surface area (Å²) in [6, 6.07) is 9.35. The molecule has 0 saturated heterocycles. The minimum absolute atomic E-state index is 0.0945. The molecule has 0 aliphatic carbocycles. The monoisotopic (exact) mass is 301 g/mol. The number of esters is 1. The number of methoxy groups -OCH3 is 1. The van der Waals surface area contributed by atoms with E-state index in [1.807, 2.05) is 31.2 Å². The van der Waals surface area contributed by atoms with Crippen molar-refractivity contribution in [3.63, 3.8) is 0 Å². The van der Waals surface area contributed by atoms with Crippen LogP contribution in [0.25, 0.3) is 0 Å². The number of carbonyl (C=O) groups excluding carboxylic acids is 2. The van der Waals surface area contributed by atoms with Gasteiger partial charge in [0.2, 0.25) is 5.91 Å². The van der Waals surface area contributed by atoms with Crippen molar-refractivity contribution < 1.29 is 18.7 Å². The van der Waals surface area contributed by atoms with Gasteiger partial charge in [0.15, 0.2) is 0 Å². The van der Waals surface area contributed by atoms with Gasteiger partial charge < -0.3 is 14.5 Å². The fraction of sp³-hybridized carbons (Fsp3) is 0.294. The second-order valence-electron chi connectivity index (χ2n) is 5.05. The summed E-state index contributed by atoms with van der Waals surface area (Å²) in [5.41, 5.74) is 2.45. The number of ether oxygens (including phenoxy) is 1. The summed E-state index contributed by atoms with van der Waals surface area (Å²) < 4.78 is 10.1. The molecule has 1 heterocycles. The normalized spacial score (nSPS) is 10.3. The molecule has 5 heteroatoms. The van der Waals surface area contributed by atoms with Gasteiger partial charge in [-0.05, 0) is 31.0 Å². The maximum atomic E-state index is 12.0. The Bertz CT molecular complexity index is 688. The van der Waals surface area contributed by atoms with Crippen molar-refractivity contribution in [2.45, 2.75) is 26.8 Å². The SMILES string of the molecule is COC(=O)c1cc(CNC(=O)Cc2ccccc2C)oc1C. The molecule has 5 nitrogen and oxygen atoms in total. The van der Waals surface area contributed by atoms with Gasteiger partial charge in [0.25, 0.3) is 0 Å². The van der Waals surface area contributed by atoms with Crippen LogP contribution < -0.4 is 5.32 Å². The van der Waals surface area contributed by atoms with Crippen LogP contribution in [-0.2, 0) is 22.5 Å². The lowest BCUT2D eigenvalue weighted by molar-refractivity contribution is -0.120. The van der Waals surface area contributed by atoms with Gasteiger partial charge in [-0.15, -0.1) is 0 Å². The second kappa shape index (κ2) is 6.93. The zero-order chi connectivity index (χ0) is 16.1. The molecule has 2 aromatic rings. The molecule has 0 bridgehead atoms. The lowest BCUT2D eigenvalue weighted by Gasteiger charge is -2.06. The minimum atomic E-state index is -0.446. The number of carbonyl (C=O) groups is 2. The molecule has 1 amide bonds. The highest BCUT2D eigenvalue weighted by Crippen LogP contribution is 2.15. The Balaban J connectivity index is 1.94. The number of benzene rings is 1. The van der Waals surface area contributed by atoms with Crippen molar-refractivity contribution in [3.8, 4) is 0 Å². The van der Waals surface area contributed by atoms with Crippen LogP contribution in [0.3, 0.4) is 0 Å². The molecule has 0 aliphatic heterocycles. The Morgan fingerprint density at radius 1 is 1.23 bits per heavy atom. The molecule has 1 aromatic carbocycles. The first-order valence-corrected chi connectivity index (χ1v) is 7.00. The van der Waals surface area contributed by atoms with Crippen LogP contribution in [0.1, 0.15) is 33.0 Å². The van der Waals surface area contributed by atoms with Gasteiger partial charge in [-0.1, -0.05) is 24.3 Å². The van der Waals surface area contributed by atoms with Gasteiger partial charge in [-0.25, -0.2) is 4.79 Å². The Labute approximate surface area is 129 Å². The van der Waals surface area contributed by atoms with E-state index in [9.17, 15) is 9.59 Å². The van der Waals surface area contributed by atoms with Gasteiger partial charge >= 0.3 is 5.97 Å². The molecule has 22 heavy (non-hydrogen) atoms. The van der Waals surface area contributed by atoms with Crippen molar-refractivity contribution >= 4 is 11.9 Å². The zero-order valence-electron chi connectivity index (χ0n) is 12.9. The van der Waals surface area contributed by atoms with E-state index in [4.69, 9.17) is 4.42 Å². The Hall–Kier alpha value is -2.56. The summed E-state index contributed by atoms with van der Waals surface area (Å²) in [5, 5.41) is 2.79. The molecule has 1 aromatic heterocycles. The number of nitrogens with one attached hydrogen (secondary N) is 1. The summed E-state index contributed by atoms with van der Waals surface area (Å²) in [4.78, 5) is 23.5. The average Bonchev–Trinajstić information content (AvgIpc) is 2.88. The van der Waals surface area contributed by atoms with E-state index in [1.165, 1.54) is 7.11 Å². The summed E-state index contributed by atoms with van der Waals surface area (Å²) >= 11 is 0. The highest BCUT2D eigenvalue weighted by Gasteiger charge is 2.15. The highest BCUT2D eigenvalue weighted by atomic mass is 16.5. The van der Waals surface area contributed by atoms with Crippen molar-refractivity contribution in [1.82, 2.24) is 5.32 Å². The van der Waals surface area contributed by atoms with E-state index in [1.54, 1.807) is 13.0 Å². The van der Waals surface area contributed by atoms with Crippen LogP contribution in [-0.4, -0.2) is 19.0 Å². The first-order chi connectivity index (χ1) is 10.5. The maximum Gasteiger partial charge on any atom is 0.341 e. The first-order valence-electron chi connectivity index (χ1n) is 7.00. The van der Waals surface area contributed by atoms with E-state index in [2.05, 4.69) is 10.1 Å². The van der Waals surface area contributed by atoms with Crippen molar-refractivity contribution in [2.24, 2.45) is 0 Å². The summed E-state index contributed by atoms with van der Waals surface area (Å²) in [6.45, 7) is 3.90. The third kappa shape index (κ3) is 3.75. The van der Waals surface area contributed by atoms with Crippen LogP contribution in [0.4, 0.5) is 0 Å². The number of rotatable bonds is 5. The molecule has 0 saturated carbocycles. The molecule has 2 rings (SSSR count). The van der Waals surface area contributed by atoms with Crippen molar-refractivity contribution in [3.05, 3.63) is 58.5 Å². The van der Waals surface area contributed by atoms with Gasteiger partial charge in [-0.3, -0.25) is 4.79 Å². The molecule has 0 aliphatic rings. The van der Waals surface area contributed by atoms with E-state index in [-0.39, 0.29) is 12.5 Å². The number of aryl methyl sites for hydroxylation is 2. The van der Waals surface area contributed by atoms with Crippen molar-refractivity contribution in [1.29, 1.82) is 0 Å². The van der Waals surface area contributed by atoms with Crippen LogP contribution in [0.15, 0.2) is 34.7 Å². The molecule has 0 spiro atoms. The topological polar surface area (TPSA) is 68.5 Å². The van der Waals surface area contributed by atoms with E-state index in [0.29, 0.717) is 23.5 Å². The molecule has 0 atom stereocenters. The second-order valence-corrected chi connectivity index (χ2v) is 5.05. The minimum Gasteiger partial charge on any atom is -0.465 e. The fourth-order valence-electron chi connectivity index (χ4n) is 2.17. The Morgan fingerprint density at radius 2 is 1.95 bits per heavy atom. The predicted octanol–water partition coefficient (Wildman–Crippen LogP) is 2.54. The summed E-state index contributed by atoms with van der Waals surface area (Å²) in [5.74, 6) is 0.466. The molecular weight excluding hydrogens is 282 g/mol. The first kappa shape index (κ1) is 15.8. The van der Waals surface area contributed by atoms with Gasteiger partial charge in [0, 0.05) is 0 Å². The standard InChI is InChI=1S/C17H19NO4/c1-11-6-4-5-7-13(11)8-16(19)18-10-14-9-15(12(2)22-14)17(20)21-3/h4-7,9H,8,10H2,1-3H3,(H,18,19). The lowest BCUT2D eigenvalue weighted by atomic mass is 10.1. The van der Waals surface area contributed by atoms with Crippen LogP contribution in [0.5, 0.6) is 0 Å². The van der Waals surface area contributed by atoms with E-state index >= 15 is 0 Å². The molecular formula is C17H19NO4. The zero-order valence-corrected chi connectivity index (χ0v) is 12.9. The van der Waals surface area contributed by atoms with E-state index in [0.717, 1.165) is 11.1 Å². The van der Waals surface area contributed by atoms with Gasteiger partial charge in [0.05, 0.1) is 20.1 Å². The van der Waals surface area contributed by atoms with Crippen LogP contribution in [0.2, 0.25) is 0 Å². The Morgan fingerprint density at radius 3 is 2.64 bits per heavy atom. The predicted molar refractivity (Wildman–Crippen MR) is 81.5 cm³/mol. The van der Waals surface area contributed by atoms with Gasteiger partial charge in [0.1, 0.15) is 17.1 Å². The number of furan rings is 1. The average molecular weight is 301 g/mol. The quantitative estimate of drug-likeness (QED) is 0.862. The molecule has 0 unspecified atom stereocenters. The summed E-state index contributed by atoms with van der Waals surface area (Å²) in [6.07, 6.45) is 0.316. The Kier molecular flexibility index (Phi) is 4.99. The largest absolute Gasteiger partial charge is 0.465 e. The van der Waals surface area contributed by atoms with E-state index < -0.39 is 5.97 Å². The number of hydrogen-bond acceptors (Lipinski definition) is 4. The summed E-state index contributed by atoms with van der Waals surface area (Å²) in [7, 11) is 1.32. The highest BCUT2D eigenvalue weighted by molar-refractivity contribution is 5.90. The van der Waals surface area contributed by atoms with Crippen LogP contribution >= 0.6 is 0 Å². The molecule has 0 radical (unpaired) electrons. The lowest BCUT2D eigenvalue weighted by Crippen LogP contribution is -2.24. The smallest absolute Gasteiger partial charge is 0.341 e. The fourth-order valence-corrected chi connectivity index (χ4v) is 2.17. The van der Waals surface area contributed by atoms with Crippen LogP contribution in [0, 0.1) is 13.8 Å². The molecule has 1 N–H and O–H groups in total. The third-order valence-electron chi connectivity index (χ3n) is 3.45. The van der Waals surface area contributed by atoms with Gasteiger partial charge in [-0.2, -0.15) is 0 Å². The molecule has 0 fully saturated rings. The van der Waals surface area contributed by atoms with Crippen molar-refractivity contribution in [2.75, 3.05) is 7.11 Å². The number of amides is 1. The molecule has 116 valence electrons. The maximum absolute atomic E-state index is 12.0. The third-order valence-corrected chi connectivity index (χ3v) is 3.45. The number of hydrogen-bond donors (Lipinski definition) is 1.